The maximum atomic E-state index is 11.3. The van der Waals surface area contributed by atoms with Crippen molar-refractivity contribution in [2.45, 2.75) is 20.8 Å². The zero-order valence-corrected chi connectivity index (χ0v) is 9.31. The molecule has 0 heterocycles. The number of hydrogen-bond donors (Lipinski definition) is 1. The lowest BCUT2D eigenvalue weighted by Gasteiger charge is -2.16. The molecule has 0 aliphatic rings. The van der Waals surface area contributed by atoms with Crippen molar-refractivity contribution in [2.75, 3.05) is 12.3 Å². The first-order valence-electron chi connectivity index (χ1n) is 4.06. The van der Waals surface area contributed by atoms with Crippen molar-refractivity contribution in [1.29, 1.82) is 5.26 Å². The summed E-state index contributed by atoms with van der Waals surface area (Å²) in [6.45, 7) is 4.85. The Balaban J connectivity index is 4.23. The molecule has 0 unspecified atom stereocenters. The monoisotopic (exact) mass is 218 g/mol. The van der Waals surface area contributed by atoms with Crippen LogP contribution in [0.1, 0.15) is 20.8 Å². The van der Waals surface area contributed by atoms with Gasteiger partial charge in [-0.15, -0.1) is 0 Å². The maximum Gasteiger partial charge on any atom is 0.225 e. The number of sulfonamides is 1. The molecule has 0 aromatic carbocycles. The SMILES string of the molecule is CC(C)(C)C(=O)CNS(=O)(=O)CC#N. The lowest BCUT2D eigenvalue weighted by molar-refractivity contribution is -0.125. The number of nitrogens with one attached hydrogen (secondary N) is 1. The average Bonchev–Trinajstić information content (AvgIpc) is 1.98. The van der Waals surface area contributed by atoms with Crippen LogP contribution in [0.3, 0.4) is 0 Å². The second-order valence-electron chi connectivity index (χ2n) is 3.91. The van der Waals surface area contributed by atoms with Gasteiger partial charge >= 0.3 is 0 Å². The molecule has 0 radical (unpaired) electrons. The highest BCUT2D eigenvalue weighted by molar-refractivity contribution is 7.89. The summed E-state index contributed by atoms with van der Waals surface area (Å²) in [7, 11) is -3.62. The molecule has 0 rings (SSSR count). The number of ketones is 1. The van der Waals surface area contributed by atoms with E-state index in [1.807, 2.05) is 0 Å². The van der Waals surface area contributed by atoms with Crippen LogP contribution in [0.5, 0.6) is 0 Å². The third-order valence-corrected chi connectivity index (χ3v) is 2.64. The molecule has 0 aromatic rings. The Bertz CT molecular complexity index is 346. The summed E-state index contributed by atoms with van der Waals surface area (Å²) in [5.74, 6) is -0.830. The lowest BCUT2D eigenvalue weighted by Crippen LogP contribution is -2.36. The van der Waals surface area contributed by atoms with Crippen LogP contribution in [0.15, 0.2) is 0 Å². The van der Waals surface area contributed by atoms with Gasteiger partial charge in [0, 0.05) is 5.41 Å². The number of carbonyl (C=O) groups is 1. The fourth-order valence-electron chi connectivity index (χ4n) is 0.577. The highest BCUT2D eigenvalue weighted by Gasteiger charge is 2.22. The van der Waals surface area contributed by atoms with Crippen molar-refractivity contribution in [2.24, 2.45) is 5.41 Å². The average molecular weight is 218 g/mol. The minimum Gasteiger partial charge on any atom is -0.298 e. The van der Waals surface area contributed by atoms with Crippen molar-refractivity contribution in [3.05, 3.63) is 0 Å². The molecule has 0 spiro atoms. The van der Waals surface area contributed by atoms with E-state index in [1.165, 1.54) is 6.07 Å². The number of nitriles is 1. The highest BCUT2D eigenvalue weighted by Crippen LogP contribution is 2.13. The Morgan fingerprint density at radius 2 is 1.93 bits per heavy atom. The molecule has 0 fully saturated rings. The predicted octanol–water partition coefficient (Wildman–Crippen LogP) is 0.0446. The summed E-state index contributed by atoms with van der Waals surface area (Å²) in [6, 6.07) is 1.51. The number of hydrogen-bond acceptors (Lipinski definition) is 4. The van der Waals surface area contributed by atoms with Crippen LogP contribution in [0.2, 0.25) is 0 Å². The quantitative estimate of drug-likeness (QED) is 0.722. The van der Waals surface area contributed by atoms with Crippen LogP contribution in [-0.4, -0.2) is 26.5 Å². The van der Waals surface area contributed by atoms with Crippen molar-refractivity contribution in [3.63, 3.8) is 0 Å². The van der Waals surface area contributed by atoms with Gasteiger partial charge in [-0.2, -0.15) is 5.26 Å². The van der Waals surface area contributed by atoms with Crippen LogP contribution in [0.4, 0.5) is 0 Å². The van der Waals surface area contributed by atoms with Crippen molar-refractivity contribution < 1.29 is 13.2 Å². The molecule has 0 aliphatic carbocycles. The zero-order valence-electron chi connectivity index (χ0n) is 8.49. The van der Waals surface area contributed by atoms with E-state index in [0.29, 0.717) is 0 Å². The van der Waals surface area contributed by atoms with Crippen LogP contribution in [0.25, 0.3) is 0 Å². The lowest BCUT2D eigenvalue weighted by atomic mass is 9.91. The van der Waals surface area contributed by atoms with Crippen LogP contribution < -0.4 is 4.72 Å². The van der Waals surface area contributed by atoms with Gasteiger partial charge in [-0.05, 0) is 0 Å². The van der Waals surface area contributed by atoms with Crippen molar-refractivity contribution >= 4 is 15.8 Å². The molecule has 6 heteroatoms. The number of nitrogens with zero attached hydrogens (tertiary/aromatic N) is 1. The molecule has 0 saturated heterocycles. The second-order valence-corrected chi connectivity index (χ2v) is 5.72. The van der Waals surface area contributed by atoms with E-state index in [2.05, 4.69) is 4.72 Å². The van der Waals surface area contributed by atoms with Gasteiger partial charge in [-0.1, -0.05) is 20.8 Å². The Hall–Kier alpha value is -0.930. The Morgan fingerprint density at radius 3 is 2.29 bits per heavy atom. The molecule has 0 aliphatic heterocycles. The highest BCUT2D eigenvalue weighted by atomic mass is 32.2. The third kappa shape index (κ3) is 4.94. The third-order valence-electron chi connectivity index (χ3n) is 1.54. The Labute approximate surface area is 84.2 Å². The maximum absolute atomic E-state index is 11.3. The van der Waals surface area contributed by atoms with E-state index >= 15 is 0 Å². The Kier molecular flexibility index (Phi) is 4.23. The van der Waals surface area contributed by atoms with E-state index in [1.54, 1.807) is 20.8 Å². The summed E-state index contributed by atoms with van der Waals surface area (Å²) in [6.07, 6.45) is 0. The number of Topliss-reactive ketones (excluding diaryl/α,β-unsaturated/α-hetero) is 1. The van der Waals surface area contributed by atoms with Crippen LogP contribution >= 0.6 is 0 Å². The molecule has 5 nitrogen and oxygen atoms in total. The van der Waals surface area contributed by atoms with Crippen molar-refractivity contribution in [1.82, 2.24) is 4.72 Å². The van der Waals surface area contributed by atoms with Crippen molar-refractivity contribution in [3.8, 4) is 6.07 Å². The number of carbonyl (C=O) groups excluding carboxylic acids is 1. The summed E-state index contributed by atoms with van der Waals surface area (Å²) >= 11 is 0. The molecule has 0 saturated carbocycles. The molecule has 14 heavy (non-hydrogen) atoms. The summed E-state index contributed by atoms with van der Waals surface area (Å²) in [5, 5.41) is 8.17. The zero-order chi connectivity index (χ0) is 11.4. The fraction of sp³-hybridized carbons (Fsp3) is 0.750. The number of rotatable bonds is 4. The Morgan fingerprint density at radius 1 is 1.43 bits per heavy atom. The van der Waals surface area contributed by atoms with E-state index in [4.69, 9.17) is 5.26 Å². The molecule has 80 valence electrons. The van der Waals surface area contributed by atoms with E-state index < -0.39 is 21.2 Å². The molecule has 0 aromatic heterocycles. The molecular weight excluding hydrogens is 204 g/mol. The van der Waals surface area contributed by atoms with E-state index in [0.717, 1.165) is 0 Å². The molecule has 0 amide bonds. The van der Waals surface area contributed by atoms with E-state index in [9.17, 15) is 13.2 Å². The van der Waals surface area contributed by atoms with E-state index in [-0.39, 0.29) is 12.3 Å². The summed E-state index contributed by atoms with van der Waals surface area (Å²) in [4.78, 5) is 11.3. The van der Waals surface area contributed by atoms with Gasteiger partial charge in [0.05, 0.1) is 12.6 Å². The molecular formula is C8H14N2O3S. The first-order chi connectivity index (χ1) is 6.19. The fourth-order valence-corrected chi connectivity index (χ4v) is 1.20. The van der Waals surface area contributed by atoms with Gasteiger partial charge in [0.1, 0.15) is 0 Å². The molecule has 1 N–H and O–H groups in total. The van der Waals surface area contributed by atoms with Gasteiger partial charge in [-0.25, -0.2) is 13.1 Å². The smallest absolute Gasteiger partial charge is 0.225 e. The van der Waals surface area contributed by atoms with Gasteiger partial charge in [-0.3, -0.25) is 4.79 Å². The normalized spacial score (nSPS) is 12.1. The van der Waals surface area contributed by atoms with Gasteiger partial charge in [0.25, 0.3) is 0 Å². The minimum absolute atomic E-state index is 0.209. The van der Waals surface area contributed by atoms with Crippen LogP contribution in [0, 0.1) is 16.7 Å². The largest absolute Gasteiger partial charge is 0.298 e. The topological polar surface area (TPSA) is 87.0 Å². The summed E-state index contributed by atoms with van der Waals surface area (Å²) < 4.78 is 24.0. The van der Waals surface area contributed by atoms with Gasteiger partial charge < -0.3 is 0 Å². The van der Waals surface area contributed by atoms with Crippen LogP contribution in [-0.2, 0) is 14.8 Å². The first kappa shape index (κ1) is 13.1. The minimum atomic E-state index is -3.62. The summed E-state index contributed by atoms with van der Waals surface area (Å²) in [5.41, 5.74) is -0.574. The first-order valence-corrected chi connectivity index (χ1v) is 5.72. The second kappa shape index (κ2) is 4.53. The molecule has 0 bridgehead atoms. The molecule has 0 atom stereocenters. The van der Waals surface area contributed by atoms with Gasteiger partial charge in [0.2, 0.25) is 10.0 Å². The standard InChI is InChI=1S/C8H14N2O3S/c1-8(2,3)7(11)6-10-14(12,13)5-4-9/h10H,5-6H2,1-3H3. The van der Waals surface area contributed by atoms with Gasteiger partial charge in [0.15, 0.2) is 11.5 Å². The predicted molar refractivity (Wildman–Crippen MR) is 51.9 cm³/mol.